The minimum absolute atomic E-state index is 0. The van der Waals surface area contributed by atoms with E-state index >= 15 is 0 Å². The second-order valence-corrected chi connectivity index (χ2v) is 35.6. The van der Waals surface area contributed by atoms with Crippen LogP contribution >= 0.6 is 0 Å². The number of nitrogens with zero attached hydrogens (tertiary/aromatic N) is 2. The molecule has 0 saturated heterocycles. The zero-order valence-corrected chi connectivity index (χ0v) is 78.7. The second-order valence-electron chi connectivity index (χ2n) is 35.6. The molecular formula is C102H204CaN2O4. The molecule has 0 aliphatic rings. The first-order valence-electron chi connectivity index (χ1n) is 51.2. The third-order valence-corrected chi connectivity index (χ3v) is 24.7. The fourth-order valence-corrected chi connectivity index (χ4v) is 17.3. The van der Waals surface area contributed by atoms with E-state index in [1.807, 2.05) is 0 Å². The molecule has 6 nitrogen and oxygen atoms in total. The summed E-state index contributed by atoms with van der Waals surface area (Å²) in [5, 5.41) is 24.0. The number of carbonyl (C=O) groups is 2. The van der Waals surface area contributed by atoms with Crippen LogP contribution in [0.3, 0.4) is 0 Å². The van der Waals surface area contributed by atoms with Crippen LogP contribution in [0.2, 0.25) is 0 Å². The minimum atomic E-state index is -0.858. The topological polar surface area (TPSA) is 86.7 Å². The molecule has 109 heavy (non-hydrogen) atoms. The molecule has 0 aromatic rings. The van der Waals surface area contributed by atoms with Crippen molar-refractivity contribution in [2.45, 2.75) is 619 Å². The first-order valence-corrected chi connectivity index (χ1v) is 51.2. The average molecular weight is 1560 g/mol. The molecule has 2 unspecified atom stereocenters. The third-order valence-electron chi connectivity index (χ3n) is 24.7. The quantitative estimate of drug-likeness (QED) is 0.0445. The Balaban J connectivity index is -0.00000204. The predicted octanol–water partition coefficient (Wildman–Crippen LogP) is 32.9. The molecule has 0 amide bonds. The predicted molar refractivity (Wildman–Crippen MR) is 487 cm³/mol. The molecule has 2 atom stereocenters. The molecule has 648 valence electrons. The van der Waals surface area contributed by atoms with E-state index in [1.165, 1.54) is 514 Å². The Morgan fingerprint density at radius 2 is 0.257 bits per heavy atom. The zero-order chi connectivity index (χ0) is 78.5. The van der Waals surface area contributed by atoms with Gasteiger partial charge in [0.2, 0.25) is 0 Å². The maximum atomic E-state index is 12.0. The van der Waals surface area contributed by atoms with Gasteiger partial charge < -0.3 is 19.8 Å². The van der Waals surface area contributed by atoms with Crippen LogP contribution in [0.15, 0.2) is 0 Å². The summed E-state index contributed by atoms with van der Waals surface area (Å²) in [6.07, 6.45) is 121. The van der Waals surface area contributed by atoms with Gasteiger partial charge in [-0.05, 0) is 64.7 Å². The zero-order valence-electron chi connectivity index (χ0n) is 76.4. The van der Waals surface area contributed by atoms with Crippen LogP contribution in [-0.2, 0) is 9.59 Å². The van der Waals surface area contributed by atoms with Crippen molar-refractivity contribution in [3.8, 4) is 0 Å². The Kier molecular flexibility index (Phi) is 106. The maximum Gasteiger partial charge on any atom is 2.00 e. The van der Waals surface area contributed by atoms with E-state index in [-0.39, 0.29) is 37.7 Å². The van der Waals surface area contributed by atoms with Crippen molar-refractivity contribution in [1.29, 1.82) is 0 Å². The van der Waals surface area contributed by atoms with Crippen LogP contribution in [0.25, 0.3) is 0 Å². The number of unbranched alkanes of at least 4 members (excludes halogenated alkanes) is 80. The third kappa shape index (κ3) is 93.5. The summed E-state index contributed by atoms with van der Waals surface area (Å²) < 4.78 is 0. The molecule has 0 aromatic carbocycles. The monoisotopic (exact) mass is 1560 g/mol. The summed E-state index contributed by atoms with van der Waals surface area (Å²) in [4.78, 5) is 28.6. The van der Waals surface area contributed by atoms with Crippen LogP contribution < -0.4 is 10.2 Å². The van der Waals surface area contributed by atoms with Gasteiger partial charge in [-0.15, -0.1) is 0 Å². The van der Waals surface area contributed by atoms with Crippen molar-refractivity contribution in [1.82, 2.24) is 9.80 Å². The van der Waals surface area contributed by atoms with Crippen molar-refractivity contribution in [3.05, 3.63) is 0 Å². The molecule has 0 aromatic heterocycles. The van der Waals surface area contributed by atoms with Gasteiger partial charge in [0, 0.05) is 12.1 Å². The Bertz CT molecular complexity index is 1420. The molecule has 0 fully saturated rings. The van der Waals surface area contributed by atoms with Gasteiger partial charge in [0.15, 0.2) is 0 Å². The van der Waals surface area contributed by atoms with Crippen LogP contribution in [0.4, 0.5) is 0 Å². The summed E-state index contributed by atoms with van der Waals surface area (Å²) >= 11 is 0. The maximum absolute atomic E-state index is 12.0. The van der Waals surface area contributed by atoms with Crippen molar-refractivity contribution >= 4 is 49.7 Å². The number of carbonyl (C=O) groups excluding carboxylic acids is 2. The summed E-state index contributed by atoms with van der Waals surface area (Å²) in [5.41, 5.74) is 0. The summed E-state index contributed by atoms with van der Waals surface area (Å²) in [6, 6.07) is -0.796. The Labute approximate surface area is 718 Å². The van der Waals surface area contributed by atoms with Gasteiger partial charge in [-0.2, -0.15) is 0 Å². The number of rotatable bonds is 96. The Morgan fingerprint density at radius 1 is 0.165 bits per heavy atom. The normalized spacial score (nSPS) is 12.2. The molecule has 0 heterocycles. The number of carboxylic acid groups (broad SMARTS) is 2. The van der Waals surface area contributed by atoms with Crippen molar-refractivity contribution < 1.29 is 19.8 Å². The van der Waals surface area contributed by atoms with Crippen molar-refractivity contribution in [2.24, 2.45) is 0 Å². The number of hydrogen-bond acceptors (Lipinski definition) is 6. The Hall–Kier alpha value is 0.120. The van der Waals surface area contributed by atoms with E-state index in [4.69, 9.17) is 0 Å². The summed E-state index contributed by atoms with van der Waals surface area (Å²) in [6.45, 7) is 17.1. The molecule has 0 aliphatic heterocycles. The fraction of sp³-hybridized carbons (Fsp3) is 0.980. The molecule has 0 radical (unpaired) electrons. The van der Waals surface area contributed by atoms with E-state index in [0.717, 1.165) is 77.5 Å². The van der Waals surface area contributed by atoms with Gasteiger partial charge in [0.05, 0.1) is 11.9 Å². The molecule has 0 aliphatic carbocycles. The van der Waals surface area contributed by atoms with E-state index < -0.39 is 24.0 Å². The number of carboxylic acids is 2. The molecular weight excluding hydrogens is 1360 g/mol. The van der Waals surface area contributed by atoms with Gasteiger partial charge in [0.1, 0.15) is 0 Å². The smallest absolute Gasteiger partial charge is 0.548 e. The van der Waals surface area contributed by atoms with Gasteiger partial charge >= 0.3 is 37.7 Å². The minimum Gasteiger partial charge on any atom is -0.548 e. The van der Waals surface area contributed by atoms with E-state index in [1.54, 1.807) is 0 Å². The van der Waals surface area contributed by atoms with E-state index in [9.17, 15) is 19.8 Å². The Morgan fingerprint density at radius 3 is 0.339 bits per heavy atom. The number of aliphatic carboxylic acids is 2. The van der Waals surface area contributed by atoms with Crippen LogP contribution in [0.5, 0.6) is 0 Å². The van der Waals surface area contributed by atoms with Crippen molar-refractivity contribution in [2.75, 3.05) is 26.2 Å². The van der Waals surface area contributed by atoms with Crippen LogP contribution in [0.1, 0.15) is 607 Å². The fourth-order valence-electron chi connectivity index (χ4n) is 17.3. The van der Waals surface area contributed by atoms with E-state index in [0.29, 0.717) is 0 Å². The van der Waals surface area contributed by atoms with Gasteiger partial charge in [-0.25, -0.2) is 0 Å². The molecule has 0 spiro atoms. The number of hydrogen-bond donors (Lipinski definition) is 0. The molecule has 0 bridgehead atoms. The molecule has 0 saturated carbocycles. The van der Waals surface area contributed by atoms with Gasteiger partial charge in [0.25, 0.3) is 0 Å². The van der Waals surface area contributed by atoms with Gasteiger partial charge in [-0.3, -0.25) is 9.80 Å². The molecule has 7 heteroatoms. The van der Waals surface area contributed by atoms with E-state index in [2.05, 4.69) is 51.3 Å². The summed E-state index contributed by atoms with van der Waals surface area (Å²) in [7, 11) is 0. The van der Waals surface area contributed by atoms with Crippen molar-refractivity contribution in [3.63, 3.8) is 0 Å². The average Bonchev–Trinajstić information content (AvgIpc) is 0.907. The van der Waals surface area contributed by atoms with Crippen LogP contribution in [-0.4, -0.2) is 97.7 Å². The standard InChI is InChI=1S/2C51H103NO2.Ca/c2*1-4-7-9-11-13-15-17-19-21-23-25-27-29-31-33-35-37-39-41-43-45-48-52(50(47-6-3)51(53)54)49-46-44-42-40-38-36-34-32-30-28-26-24-22-20-18-16-14-12-10-8-5-2;/h2*50H,4-49H2,1-3H3,(H,53,54);/q;;+2/p-2. The largest absolute Gasteiger partial charge is 2.00 e. The first kappa shape index (κ1) is 113. The molecule has 0 rings (SSSR count). The van der Waals surface area contributed by atoms with Gasteiger partial charge in [-0.1, -0.05) is 568 Å². The second kappa shape index (κ2) is 102. The summed E-state index contributed by atoms with van der Waals surface area (Å²) in [5.74, 6) is -1.72. The van der Waals surface area contributed by atoms with Crippen LogP contribution in [0, 0.1) is 0 Å². The SMILES string of the molecule is CCCCCCCCCCCCCCCCCCCCCCCN(CCCCCCCCCCCCCCCCCCCCCCC)C(CCC)C(=O)[O-].CCCCCCCCCCCCCCCCCCCCCCCN(CCCCCCCCCCCCCCCCCCCCCCC)C(CCC)C(=O)[O-].[Ca+2]. The molecule has 0 N–H and O–H groups in total. The first-order chi connectivity index (χ1) is 53.3.